The largest absolute Gasteiger partial charge is 0.416 e. The molecule has 1 aromatic heterocycles. The number of hydrogen-bond acceptors (Lipinski definition) is 3. The minimum atomic E-state index is -4.60. The highest BCUT2D eigenvalue weighted by Crippen LogP contribution is 2.32. The van der Waals surface area contributed by atoms with Gasteiger partial charge in [0.2, 0.25) is 0 Å². The van der Waals surface area contributed by atoms with Gasteiger partial charge >= 0.3 is 6.18 Å². The molecule has 0 unspecified atom stereocenters. The van der Waals surface area contributed by atoms with Gasteiger partial charge in [0.1, 0.15) is 0 Å². The second-order valence-electron chi connectivity index (χ2n) is 6.25. The summed E-state index contributed by atoms with van der Waals surface area (Å²) in [5.41, 5.74) is 7.39. The summed E-state index contributed by atoms with van der Waals surface area (Å²) in [7, 11) is 0. The van der Waals surface area contributed by atoms with Crippen molar-refractivity contribution in [3.63, 3.8) is 0 Å². The number of nitrogens with zero attached hydrogens (tertiary/aromatic N) is 2. The van der Waals surface area contributed by atoms with Crippen LogP contribution in [0.3, 0.4) is 0 Å². The van der Waals surface area contributed by atoms with Gasteiger partial charge in [0, 0.05) is 23.1 Å². The van der Waals surface area contributed by atoms with Gasteiger partial charge in [-0.1, -0.05) is 6.07 Å². The summed E-state index contributed by atoms with van der Waals surface area (Å²) in [6.45, 7) is 3.58. The van der Waals surface area contributed by atoms with Crippen LogP contribution in [0.5, 0.6) is 0 Å². The number of aryl methyl sites for hydroxylation is 2. The predicted molar refractivity (Wildman–Crippen MR) is 96.8 cm³/mol. The van der Waals surface area contributed by atoms with Crippen molar-refractivity contribution in [2.75, 3.05) is 11.1 Å². The average Bonchev–Trinajstić information content (AvgIpc) is 3.03. The molecule has 0 aliphatic carbocycles. The van der Waals surface area contributed by atoms with Gasteiger partial charge in [-0.15, -0.1) is 0 Å². The van der Waals surface area contributed by atoms with Crippen LogP contribution < -0.4 is 11.1 Å². The highest BCUT2D eigenvalue weighted by Gasteiger charge is 2.32. The normalized spacial score (nSPS) is 11.4. The first-order valence-corrected chi connectivity index (χ1v) is 8.05. The van der Waals surface area contributed by atoms with Gasteiger partial charge in [-0.2, -0.15) is 18.3 Å². The molecule has 3 rings (SSSR count). The van der Waals surface area contributed by atoms with E-state index in [1.807, 2.05) is 6.92 Å². The van der Waals surface area contributed by atoms with Crippen LogP contribution in [0, 0.1) is 13.8 Å². The Morgan fingerprint density at radius 3 is 2.48 bits per heavy atom. The van der Waals surface area contributed by atoms with E-state index in [2.05, 4.69) is 10.4 Å². The molecule has 0 fully saturated rings. The van der Waals surface area contributed by atoms with Crippen molar-refractivity contribution in [2.45, 2.75) is 20.0 Å². The maximum atomic E-state index is 13.3. The number of alkyl halides is 3. The fourth-order valence-electron chi connectivity index (χ4n) is 2.51. The SMILES string of the molecule is Cc1cnn(-c2cc(C(=O)Nc3ccc(C)c(N)c3)cc(C(F)(F)F)c2)c1. The number of halogens is 3. The van der Waals surface area contributed by atoms with Crippen LogP contribution in [0.4, 0.5) is 24.5 Å². The summed E-state index contributed by atoms with van der Waals surface area (Å²) >= 11 is 0. The van der Waals surface area contributed by atoms with Gasteiger partial charge in [-0.05, 0) is 55.3 Å². The van der Waals surface area contributed by atoms with E-state index in [9.17, 15) is 18.0 Å². The molecule has 27 heavy (non-hydrogen) atoms. The van der Waals surface area contributed by atoms with Gasteiger partial charge in [-0.25, -0.2) is 4.68 Å². The van der Waals surface area contributed by atoms with Crippen molar-refractivity contribution >= 4 is 17.3 Å². The zero-order valence-corrected chi connectivity index (χ0v) is 14.6. The second-order valence-corrected chi connectivity index (χ2v) is 6.25. The fraction of sp³-hybridized carbons (Fsp3) is 0.158. The molecular weight excluding hydrogens is 357 g/mol. The van der Waals surface area contributed by atoms with E-state index in [1.54, 1.807) is 31.3 Å². The molecule has 140 valence electrons. The van der Waals surface area contributed by atoms with Crippen molar-refractivity contribution in [3.05, 3.63) is 71.0 Å². The van der Waals surface area contributed by atoms with Crippen molar-refractivity contribution in [3.8, 4) is 5.69 Å². The molecule has 3 N–H and O–H groups in total. The van der Waals surface area contributed by atoms with Gasteiger partial charge in [0.25, 0.3) is 5.91 Å². The molecule has 0 saturated heterocycles. The zero-order chi connectivity index (χ0) is 19.8. The maximum Gasteiger partial charge on any atom is 0.416 e. The number of nitrogens with two attached hydrogens (primary N) is 1. The van der Waals surface area contributed by atoms with Gasteiger partial charge in [0.15, 0.2) is 0 Å². The number of nitrogens with one attached hydrogen (secondary N) is 1. The fourth-order valence-corrected chi connectivity index (χ4v) is 2.51. The number of rotatable bonds is 3. The van der Waals surface area contributed by atoms with Crippen molar-refractivity contribution in [1.29, 1.82) is 0 Å². The van der Waals surface area contributed by atoms with E-state index in [-0.39, 0.29) is 11.3 Å². The molecule has 1 amide bonds. The first-order chi connectivity index (χ1) is 12.6. The van der Waals surface area contributed by atoms with E-state index in [1.165, 1.54) is 16.9 Å². The Balaban J connectivity index is 2.00. The Hall–Kier alpha value is -3.29. The molecule has 8 heteroatoms. The highest BCUT2D eigenvalue weighted by atomic mass is 19.4. The Morgan fingerprint density at radius 1 is 1.15 bits per heavy atom. The maximum absolute atomic E-state index is 13.3. The van der Waals surface area contributed by atoms with Crippen LogP contribution in [-0.4, -0.2) is 15.7 Å². The molecule has 0 saturated carbocycles. The van der Waals surface area contributed by atoms with E-state index in [0.29, 0.717) is 11.4 Å². The third-order valence-corrected chi connectivity index (χ3v) is 4.02. The lowest BCUT2D eigenvalue weighted by atomic mass is 10.1. The van der Waals surface area contributed by atoms with Crippen molar-refractivity contribution in [1.82, 2.24) is 9.78 Å². The van der Waals surface area contributed by atoms with E-state index in [0.717, 1.165) is 23.3 Å². The molecule has 0 bridgehead atoms. The first kappa shape index (κ1) is 18.5. The Bertz CT molecular complexity index is 1010. The number of anilines is 2. The predicted octanol–water partition coefficient (Wildman–Crippen LogP) is 4.34. The molecule has 0 spiro atoms. The molecule has 2 aromatic carbocycles. The third kappa shape index (κ3) is 4.11. The number of benzene rings is 2. The number of aromatic nitrogens is 2. The number of carbonyl (C=O) groups excluding carboxylic acids is 1. The van der Waals surface area contributed by atoms with E-state index >= 15 is 0 Å². The smallest absolute Gasteiger partial charge is 0.398 e. The number of carbonyl (C=O) groups is 1. The van der Waals surface area contributed by atoms with Crippen LogP contribution in [0.15, 0.2) is 48.8 Å². The highest BCUT2D eigenvalue weighted by molar-refractivity contribution is 6.05. The first-order valence-electron chi connectivity index (χ1n) is 8.05. The third-order valence-electron chi connectivity index (χ3n) is 4.02. The molecule has 0 atom stereocenters. The van der Waals surface area contributed by atoms with Crippen LogP contribution >= 0.6 is 0 Å². The summed E-state index contributed by atoms with van der Waals surface area (Å²) in [6.07, 6.45) is -1.49. The molecule has 0 radical (unpaired) electrons. The Morgan fingerprint density at radius 2 is 1.89 bits per heavy atom. The van der Waals surface area contributed by atoms with E-state index < -0.39 is 17.6 Å². The second kappa shape index (κ2) is 6.79. The van der Waals surface area contributed by atoms with Crippen LogP contribution in [-0.2, 0) is 6.18 Å². The van der Waals surface area contributed by atoms with Gasteiger partial charge < -0.3 is 11.1 Å². The Labute approximate surface area is 153 Å². The lowest BCUT2D eigenvalue weighted by molar-refractivity contribution is -0.137. The van der Waals surface area contributed by atoms with Crippen LogP contribution in [0.2, 0.25) is 0 Å². The molecule has 3 aromatic rings. The Kier molecular flexibility index (Phi) is 4.65. The van der Waals surface area contributed by atoms with Crippen molar-refractivity contribution < 1.29 is 18.0 Å². The minimum absolute atomic E-state index is 0.132. The lowest BCUT2D eigenvalue weighted by Crippen LogP contribution is -2.15. The van der Waals surface area contributed by atoms with Gasteiger partial charge in [-0.3, -0.25) is 4.79 Å². The monoisotopic (exact) mass is 374 g/mol. The number of amides is 1. The standard InChI is InChI=1S/C19H17F3N4O/c1-11-9-24-26(10-11)16-6-13(5-14(7-16)19(20,21)22)18(27)25-15-4-3-12(2)17(23)8-15/h3-10H,23H2,1-2H3,(H,25,27). The quantitative estimate of drug-likeness (QED) is 0.670. The van der Waals surface area contributed by atoms with Crippen LogP contribution in [0.25, 0.3) is 5.69 Å². The topological polar surface area (TPSA) is 72.9 Å². The summed E-state index contributed by atoms with van der Waals surface area (Å²) in [5.74, 6) is -0.672. The molecule has 0 aliphatic rings. The van der Waals surface area contributed by atoms with Crippen molar-refractivity contribution in [2.24, 2.45) is 0 Å². The lowest BCUT2D eigenvalue weighted by Gasteiger charge is -2.13. The van der Waals surface area contributed by atoms with E-state index in [4.69, 9.17) is 5.73 Å². The number of hydrogen-bond donors (Lipinski definition) is 2. The molecule has 0 aliphatic heterocycles. The summed E-state index contributed by atoms with van der Waals surface area (Å²) in [5, 5.41) is 6.59. The molecule has 5 nitrogen and oxygen atoms in total. The summed E-state index contributed by atoms with van der Waals surface area (Å²) < 4.78 is 41.1. The molecule has 1 heterocycles. The van der Waals surface area contributed by atoms with Gasteiger partial charge in [0.05, 0.1) is 17.4 Å². The molecular formula is C19H17F3N4O. The van der Waals surface area contributed by atoms with Crippen LogP contribution in [0.1, 0.15) is 27.0 Å². The summed E-state index contributed by atoms with van der Waals surface area (Å²) in [6, 6.07) is 8.02. The minimum Gasteiger partial charge on any atom is -0.398 e. The zero-order valence-electron chi connectivity index (χ0n) is 14.6. The number of nitrogen functional groups attached to an aromatic ring is 1. The summed E-state index contributed by atoms with van der Waals surface area (Å²) in [4.78, 5) is 12.5. The average molecular weight is 374 g/mol.